The van der Waals surface area contributed by atoms with Gasteiger partial charge in [-0.2, -0.15) is 0 Å². The number of rotatable bonds is 2. The smallest absolute Gasteiger partial charge is 0.258 e. The Hall–Kier alpha value is -1.17. The van der Waals surface area contributed by atoms with Crippen molar-refractivity contribution >= 4 is 50.7 Å². The molecule has 20 heavy (non-hydrogen) atoms. The second-order valence-electron chi connectivity index (χ2n) is 3.98. The summed E-state index contributed by atoms with van der Waals surface area (Å²) in [7, 11) is 0. The van der Waals surface area contributed by atoms with Gasteiger partial charge < -0.3 is 5.32 Å². The average molecular weight is 378 g/mol. The molecule has 0 atom stereocenters. The molecule has 1 heterocycles. The molecular formula is C13H8BrCl2FN2O. The Kier molecular flexibility index (Phi) is 4.62. The van der Waals surface area contributed by atoms with E-state index in [0.29, 0.717) is 11.3 Å². The zero-order valence-electron chi connectivity index (χ0n) is 10.2. The van der Waals surface area contributed by atoms with Gasteiger partial charge in [0.05, 0.1) is 15.7 Å². The monoisotopic (exact) mass is 376 g/mol. The Morgan fingerprint density at radius 2 is 2.10 bits per heavy atom. The van der Waals surface area contributed by atoms with Crippen LogP contribution in [-0.2, 0) is 0 Å². The number of hydrogen-bond acceptors (Lipinski definition) is 2. The number of nitrogens with zero attached hydrogens (tertiary/aromatic N) is 1. The number of benzene rings is 1. The van der Waals surface area contributed by atoms with E-state index in [-0.39, 0.29) is 20.3 Å². The van der Waals surface area contributed by atoms with Gasteiger partial charge in [0.2, 0.25) is 0 Å². The number of nitrogens with one attached hydrogen (secondary N) is 1. The summed E-state index contributed by atoms with van der Waals surface area (Å²) >= 11 is 14.7. The van der Waals surface area contributed by atoms with Crippen molar-refractivity contribution in [1.82, 2.24) is 4.98 Å². The fourth-order valence-electron chi connectivity index (χ4n) is 1.61. The SMILES string of the molecule is Cc1cc(Cl)nc(Cl)c1NC(=O)c1cccc(Br)c1F. The van der Waals surface area contributed by atoms with Gasteiger partial charge in [-0.05, 0) is 46.6 Å². The Bertz CT molecular complexity index is 671. The normalized spacial score (nSPS) is 10.4. The fraction of sp³-hybridized carbons (Fsp3) is 0.0769. The van der Waals surface area contributed by atoms with Crippen molar-refractivity contribution in [2.75, 3.05) is 5.32 Å². The molecule has 0 aliphatic rings. The third kappa shape index (κ3) is 3.11. The summed E-state index contributed by atoms with van der Waals surface area (Å²) in [6, 6.07) is 6.01. The highest BCUT2D eigenvalue weighted by atomic mass is 79.9. The lowest BCUT2D eigenvalue weighted by Crippen LogP contribution is -2.15. The Labute approximate surface area is 133 Å². The highest BCUT2D eigenvalue weighted by molar-refractivity contribution is 9.10. The number of halogens is 4. The van der Waals surface area contributed by atoms with E-state index in [2.05, 4.69) is 26.2 Å². The van der Waals surface area contributed by atoms with Gasteiger partial charge in [0.15, 0.2) is 5.15 Å². The van der Waals surface area contributed by atoms with Crippen molar-refractivity contribution in [1.29, 1.82) is 0 Å². The summed E-state index contributed by atoms with van der Waals surface area (Å²) < 4.78 is 14.1. The van der Waals surface area contributed by atoms with Crippen LogP contribution in [0.1, 0.15) is 15.9 Å². The Balaban J connectivity index is 2.36. The molecule has 0 spiro atoms. The lowest BCUT2D eigenvalue weighted by molar-refractivity contribution is 0.102. The molecule has 1 amide bonds. The van der Waals surface area contributed by atoms with Crippen LogP contribution in [0, 0.1) is 12.7 Å². The zero-order chi connectivity index (χ0) is 14.9. The van der Waals surface area contributed by atoms with E-state index in [1.165, 1.54) is 12.1 Å². The average Bonchev–Trinajstić information content (AvgIpc) is 2.36. The molecule has 2 rings (SSSR count). The Morgan fingerprint density at radius 3 is 2.75 bits per heavy atom. The number of pyridine rings is 1. The summed E-state index contributed by atoms with van der Waals surface area (Å²) in [5, 5.41) is 2.81. The van der Waals surface area contributed by atoms with Gasteiger partial charge in [-0.1, -0.05) is 29.3 Å². The number of hydrogen-bond donors (Lipinski definition) is 1. The molecule has 104 valence electrons. The van der Waals surface area contributed by atoms with E-state index in [1.807, 2.05) is 0 Å². The van der Waals surface area contributed by atoms with Crippen molar-refractivity contribution in [3.8, 4) is 0 Å². The second kappa shape index (κ2) is 6.08. The van der Waals surface area contributed by atoms with Crippen molar-refractivity contribution in [3.63, 3.8) is 0 Å². The van der Waals surface area contributed by atoms with E-state index in [0.717, 1.165) is 0 Å². The van der Waals surface area contributed by atoms with Crippen molar-refractivity contribution in [2.45, 2.75) is 6.92 Å². The van der Waals surface area contributed by atoms with Crippen molar-refractivity contribution in [3.05, 3.63) is 56.0 Å². The third-order valence-corrected chi connectivity index (χ3v) is 3.66. The maximum Gasteiger partial charge on any atom is 0.258 e. The lowest BCUT2D eigenvalue weighted by Gasteiger charge is -2.11. The molecule has 0 aliphatic heterocycles. The molecule has 3 nitrogen and oxygen atoms in total. The van der Waals surface area contributed by atoms with Crippen molar-refractivity contribution in [2.24, 2.45) is 0 Å². The molecule has 2 aromatic rings. The van der Waals surface area contributed by atoms with E-state index < -0.39 is 11.7 Å². The first kappa shape index (κ1) is 15.2. The first-order valence-electron chi connectivity index (χ1n) is 5.48. The summed E-state index contributed by atoms with van der Waals surface area (Å²) in [6.45, 7) is 1.71. The quantitative estimate of drug-likeness (QED) is 0.760. The van der Waals surface area contributed by atoms with Crippen LogP contribution in [0.2, 0.25) is 10.3 Å². The standard InChI is InChI=1S/C13H8BrCl2FN2O/c1-6-5-9(15)18-12(16)11(6)19-13(20)7-3-2-4-8(14)10(7)17/h2-5H,1H3,(H,19,20). The van der Waals surface area contributed by atoms with Crippen molar-refractivity contribution < 1.29 is 9.18 Å². The minimum absolute atomic E-state index is 0.0544. The molecule has 0 radical (unpaired) electrons. The van der Waals surface area contributed by atoms with Crippen LogP contribution >= 0.6 is 39.1 Å². The molecule has 0 saturated carbocycles. The van der Waals surface area contributed by atoms with Crippen LogP contribution in [0.4, 0.5) is 10.1 Å². The van der Waals surface area contributed by atoms with E-state index >= 15 is 0 Å². The number of anilines is 1. The summed E-state index contributed by atoms with van der Waals surface area (Å²) in [5.41, 5.74) is 0.851. The molecule has 1 aromatic carbocycles. The maximum absolute atomic E-state index is 13.8. The maximum atomic E-state index is 13.8. The highest BCUT2D eigenvalue weighted by Gasteiger charge is 2.17. The number of amides is 1. The topological polar surface area (TPSA) is 42.0 Å². The van der Waals surface area contributed by atoms with Crippen LogP contribution in [0.25, 0.3) is 0 Å². The van der Waals surface area contributed by atoms with Crippen LogP contribution in [-0.4, -0.2) is 10.9 Å². The van der Waals surface area contributed by atoms with Gasteiger partial charge in [0.25, 0.3) is 5.91 Å². The van der Waals surface area contributed by atoms with Gasteiger partial charge in [0, 0.05) is 0 Å². The minimum Gasteiger partial charge on any atom is -0.319 e. The van der Waals surface area contributed by atoms with Gasteiger partial charge in [-0.15, -0.1) is 0 Å². The van der Waals surface area contributed by atoms with Crippen LogP contribution in [0.15, 0.2) is 28.7 Å². The first-order valence-corrected chi connectivity index (χ1v) is 7.03. The molecule has 1 N–H and O–H groups in total. The number of aromatic nitrogens is 1. The number of aryl methyl sites for hydroxylation is 1. The predicted molar refractivity (Wildman–Crippen MR) is 81.0 cm³/mol. The molecule has 0 bridgehead atoms. The van der Waals surface area contributed by atoms with Crippen LogP contribution in [0.5, 0.6) is 0 Å². The zero-order valence-corrected chi connectivity index (χ0v) is 13.3. The second-order valence-corrected chi connectivity index (χ2v) is 5.58. The van der Waals surface area contributed by atoms with Crippen LogP contribution < -0.4 is 5.32 Å². The van der Waals surface area contributed by atoms with E-state index in [4.69, 9.17) is 23.2 Å². The van der Waals surface area contributed by atoms with E-state index in [1.54, 1.807) is 19.1 Å². The molecule has 1 aromatic heterocycles. The minimum atomic E-state index is -0.638. The molecule has 7 heteroatoms. The highest BCUT2D eigenvalue weighted by Crippen LogP contribution is 2.27. The predicted octanol–water partition coefficient (Wildman–Crippen LogP) is 4.85. The summed E-state index contributed by atoms with van der Waals surface area (Å²) in [4.78, 5) is 15.9. The van der Waals surface area contributed by atoms with E-state index in [9.17, 15) is 9.18 Å². The summed E-state index contributed by atoms with van der Waals surface area (Å²) in [5.74, 6) is -1.25. The largest absolute Gasteiger partial charge is 0.319 e. The molecular weight excluding hydrogens is 370 g/mol. The van der Waals surface area contributed by atoms with Gasteiger partial charge in [-0.3, -0.25) is 4.79 Å². The van der Waals surface area contributed by atoms with Gasteiger partial charge in [-0.25, -0.2) is 9.37 Å². The first-order chi connectivity index (χ1) is 9.40. The molecule has 0 aliphatic carbocycles. The summed E-state index contributed by atoms with van der Waals surface area (Å²) in [6.07, 6.45) is 0. The molecule has 0 saturated heterocycles. The third-order valence-electron chi connectivity index (χ3n) is 2.58. The molecule has 0 unspecified atom stereocenters. The van der Waals surface area contributed by atoms with Gasteiger partial charge in [0.1, 0.15) is 11.0 Å². The number of carbonyl (C=O) groups excluding carboxylic acids is 1. The van der Waals surface area contributed by atoms with Gasteiger partial charge >= 0.3 is 0 Å². The fourth-order valence-corrected chi connectivity index (χ4v) is 2.55. The lowest BCUT2D eigenvalue weighted by atomic mass is 10.2. The molecule has 0 fully saturated rings. The number of carbonyl (C=O) groups is 1. The van der Waals surface area contributed by atoms with Crippen LogP contribution in [0.3, 0.4) is 0 Å². The Morgan fingerprint density at radius 1 is 1.40 bits per heavy atom.